The van der Waals surface area contributed by atoms with E-state index in [0.717, 1.165) is 5.49 Å². The fraction of sp³-hybridized carbons (Fsp3) is 0.500. The third-order valence-corrected chi connectivity index (χ3v) is 1.07. The van der Waals surface area contributed by atoms with E-state index in [-0.39, 0.29) is 0 Å². The van der Waals surface area contributed by atoms with Crippen LogP contribution in [0.2, 0.25) is 0 Å². The third-order valence-electron chi connectivity index (χ3n) is 0.357. The van der Waals surface area contributed by atoms with Crippen molar-refractivity contribution >= 4 is 27.7 Å². The normalized spacial score (nSPS) is 10.6. The van der Waals surface area contributed by atoms with Crippen LogP contribution in [0.5, 0.6) is 0 Å². The Hall–Kier alpha value is -0.200. The average Bonchev–Trinajstić information content (AvgIpc) is 1.59. The zero-order valence-electron chi connectivity index (χ0n) is 3.92. The molecule has 0 heterocycles. The van der Waals surface area contributed by atoms with E-state index in [2.05, 4.69) is 17.5 Å². The van der Waals surface area contributed by atoms with Gasteiger partial charge in [0, 0.05) is 0 Å². The average molecular weight is 153 g/mol. The van der Waals surface area contributed by atoms with Gasteiger partial charge in [0.15, 0.2) is 0 Å². The first-order chi connectivity index (χ1) is 3.56. The van der Waals surface area contributed by atoms with Crippen LogP contribution in [0.25, 0.3) is 0 Å². The standard InChI is InChI=1S/C2H5N2O2S2/c3-8(5,6)2-4-1-7/h1,3H,2H2,(H,4,7). The lowest BCUT2D eigenvalue weighted by atomic mass is 11.2. The van der Waals surface area contributed by atoms with Gasteiger partial charge in [-0.2, -0.15) is 0 Å². The van der Waals surface area contributed by atoms with Gasteiger partial charge in [-0.15, -0.1) is 5.14 Å². The van der Waals surface area contributed by atoms with Gasteiger partial charge >= 0.3 is 0 Å². The number of hydrogen-bond donors (Lipinski definition) is 1. The zero-order valence-corrected chi connectivity index (χ0v) is 5.55. The summed E-state index contributed by atoms with van der Waals surface area (Å²) in [6.07, 6.45) is 0. The molecule has 8 heavy (non-hydrogen) atoms. The Balaban J connectivity index is 3.57. The topological polar surface area (TPSA) is 70.0 Å². The highest BCUT2D eigenvalue weighted by Crippen LogP contribution is 1.70. The summed E-state index contributed by atoms with van der Waals surface area (Å²) in [5, 5.41) is 8.48. The Morgan fingerprint density at radius 1 is 1.75 bits per heavy atom. The smallest absolute Gasteiger partial charge is 0.243 e. The summed E-state index contributed by atoms with van der Waals surface area (Å²) < 4.78 is 19.9. The maximum atomic E-state index is 9.93. The molecule has 0 saturated carbocycles. The van der Waals surface area contributed by atoms with Gasteiger partial charge in [0.1, 0.15) is 5.88 Å². The lowest BCUT2D eigenvalue weighted by Crippen LogP contribution is -2.20. The Labute approximate surface area is 53.1 Å². The second-order valence-corrected chi connectivity index (χ2v) is 2.83. The summed E-state index contributed by atoms with van der Waals surface area (Å²) in [6, 6.07) is 0. The molecule has 0 aliphatic heterocycles. The molecule has 0 aliphatic carbocycles. The molecular weight excluding hydrogens is 148 g/mol. The van der Waals surface area contributed by atoms with Crippen LogP contribution in [0.4, 0.5) is 0 Å². The van der Waals surface area contributed by atoms with Crippen molar-refractivity contribution in [2.75, 3.05) is 5.88 Å². The Morgan fingerprint density at radius 3 is 2.38 bits per heavy atom. The molecule has 0 aromatic heterocycles. The molecule has 6 heteroatoms. The fourth-order valence-electron chi connectivity index (χ4n) is 0.144. The van der Waals surface area contributed by atoms with Crippen molar-refractivity contribution in [3.05, 3.63) is 0 Å². The molecule has 0 bridgehead atoms. The quantitative estimate of drug-likeness (QED) is 0.534. The van der Waals surface area contributed by atoms with Crippen LogP contribution in [-0.2, 0) is 10.0 Å². The number of thiocarbonyl (C=S) groups is 1. The molecule has 2 N–H and O–H groups in total. The van der Waals surface area contributed by atoms with Gasteiger partial charge in [0.25, 0.3) is 0 Å². The molecule has 0 saturated heterocycles. The molecule has 1 radical (unpaired) electrons. The first-order valence-corrected chi connectivity index (χ1v) is 3.83. The molecule has 0 fully saturated rings. The highest BCUT2D eigenvalue weighted by Gasteiger charge is 1.97. The fourth-order valence-corrected chi connectivity index (χ4v) is 0.635. The van der Waals surface area contributed by atoms with Gasteiger partial charge < -0.3 is 5.32 Å². The van der Waals surface area contributed by atoms with Crippen LogP contribution in [-0.4, -0.2) is 19.8 Å². The van der Waals surface area contributed by atoms with Crippen molar-refractivity contribution in [1.82, 2.24) is 10.5 Å². The number of rotatable bonds is 3. The van der Waals surface area contributed by atoms with Gasteiger partial charge in [-0.3, -0.25) is 0 Å². The summed E-state index contributed by atoms with van der Waals surface area (Å²) in [4.78, 5) is 0. The zero-order chi connectivity index (χ0) is 6.62. The highest BCUT2D eigenvalue weighted by molar-refractivity contribution is 7.88. The van der Waals surface area contributed by atoms with Gasteiger partial charge in [-0.05, 0) is 0 Å². The van der Waals surface area contributed by atoms with Crippen LogP contribution >= 0.6 is 12.2 Å². The van der Waals surface area contributed by atoms with Crippen molar-refractivity contribution in [2.45, 2.75) is 0 Å². The maximum absolute atomic E-state index is 9.93. The van der Waals surface area contributed by atoms with Crippen molar-refractivity contribution in [2.24, 2.45) is 0 Å². The van der Waals surface area contributed by atoms with Crippen molar-refractivity contribution in [3.8, 4) is 0 Å². The van der Waals surface area contributed by atoms with E-state index in [9.17, 15) is 8.42 Å². The van der Waals surface area contributed by atoms with E-state index in [1.54, 1.807) is 0 Å². The van der Waals surface area contributed by atoms with Gasteiger partial charge in [0.2, 0.25) is 10.0 Å². The molecule has 0 unspecified atom stereocenters. The van der Waals surface area contributed by atoms with Crippen molar-refractivity contribution in [3.63, 3.8) is 0 Å². The summed E-state index contributed by atoms with van der Waals surface area (Å²) >= 11 is 4.24. The summed E-state index contributed by atoms with van der Waals surface area (Å²) in [5.74, 6) is -0.406. The summed E-state index contributed by atoms with van der Waals surface area (Å²) in [7, 11) is -3.65. The molecule has 0 rings (SSSR count). The van der Waals surface area contributed by atoms with Crippen molar-refractivity contribution in [1.29, 1.82) is 0 Å². The third kappa shape index (κ3) is 5.80. The van der Waals surface area contributed by atoms with Crippen LogP contribution in [0.15, 0.2) is 0 Å². The lowest BCUT2D eigenvalue weighted by molar-refractivity contribution is 0.594. The number of sulfonamides is 1. The predicted octanol–water partition coefficient (Wildman–Crippen LogP) is -0.897. The summed E-state index contributed by atoms with van der Waals surface area (Å²) in [6.45, 7) is 0. The largest absolute Gasteiger partial charge is 0.368 e. The molecule has 0 spiro atoms. The molecule has 0 aromatic carbocycles. The maximum Gasteiger partial charge on any atom is 0.243 e. The molecule has 0 atom stereocenters. The molecule has 4 nitrogen and oxygen atoms in total. The second kappa shape index (κ2) is 2.95. The van der Waals surface area contributed by atoms with Crippen LogP contribution in [0.1, 0.15) is 0 Å². The molecule has 47 valence electrons. The van der Waals surface area contributed by atoms with E-state index in [1.807, 2.05) is 0 Å². The van der Waals surface area contributed by atoms with Crippen LogP contribution < -0.4 is 10.5 Å². The Bertz CT molecular complexity index is 161. The van der Waals surface area contributed by atoms with Crippen molar-refractivity contribution < 1.29 is 8.42 Å². The highest BCUT2D eigenvalue weighted by atomic mass is 32.2. The van der Waals surface area contributed by atoms with Gasteiger partial charge in [-0.1, -0.05) is 12.2 Å². The minimum Gasteiger partial charge on any atom is -0.368 e. The van der Waals surface area contributed by atoms with Gasteiger partial charge in [-0.25, -0.2) is 8.42 Å². The lowest BCUT2D eigenvalue weighted by Gasteiger charge is -1.91. The number of nitrogens with one attached hydrogen (secondary N) is 2. The van der Waals surface area contributed by atoms with Gasteiger partial charge in [0.05, 0.1) is 5.49 Å². The monoisotopic (exact) mass is 153 g/mol. The van der Waals surface area contributed by atoms with Crippen LogP contribution in [0, 0.1) is 0 Å². The van der Waals surface area contributed by atoms with E-state index in [4.69, 9.17) is 5.14 Å². The van der Waals surface area contributed by atoms with E-state index in [0.29, 0.717) is 0 Å². The molecule has 0 aliphatic rings. The van der Waals surface area contributed by atoms with E-state index < -0.39 is 15.9 Å². The first-order valence-electron chi connectivity index (χ1n) is 1.70. The molecule has 0 amide bonds. The Morgan fingerprint density at radius 2 is 2.25 bits per heavy atom. The second-order valence-electron chi connectivity index (χ2n) is 1.08. The predicted molar refractivity (Wildman–Crippen MR) is 33.7 cm³/mol. The molecular formula is C2H5N2O2S2. The van der Waals surface area contributed by atoms with E-state index >= 15 is 0 Å². The first kappa shape index (κ1) is 7.80. The minimum absolute atomic E-state index is 0.406. The van der Waals surface area contributed by atoms with Crippen LogP contribution in [0.3, 0.4) is 0 Å². The summed E-state index contributed by atoms with van der Waals surface area (Å²) in [5.41, 5.74) is 1.06. The number of hydrogen-bond acceptors (Lipinski definition) is 3. The SMILES string of the molecule is [NH]S(=O)(=O)CNC=S. The minimum atomic E-state index is -3.65. The van der Waals surface area contributed by atoms with E-state index in [1.165, 1.54) is 0 Å². The molecule has 0 aromatic rings. The Kier molecular flexibility index (Phi) is 2.88.